The second-order valence-electron chi connectivity index (χ2n) is 7.48. The van der Waals surface area contributed by atoms with Gasteiger partial charge in [0.25, 0.3) is 0 Å². The Balaban J connectivity index is 1.30. The summed E-state index contributed by atoms with van der Waals surface area (Å²) in [6, 6.07) is 21.5. The largest absolute Gasteiger partial charge is 0.485 e. The molecule has 0 radical (unpaired) electrons. The van der Waals surface area contributed by atoms with Crippen molar-refractivity contribution in [3.05, 3.63) is 83.9 Å². The van der Waals surface area contributed by atoms with Crippen LogP contribution in [0.5, 0.6) is 23.0 Å². The molecule has 0 spiro atoms. The highest BCUT2D eigenvalue weighted by molar-refractivity contribution is 7.88. The molecule has 0 saturated carbocycles. The van der Waals surface area contributed by atoms with E-state index in [0.717, 1.165) is 11.3 Å². The monoisotopic (exact) mass is 452 g/mol. The minimum Gasteiger partial charge on any atom is -0.485 e. The molecular formula is C23H20N2O6S. The highest BCUT2D eigenvalue weighted by Crippen LogP contribution is 2.43. The van der Waals surface area contributed by atoms with Crippen molar-refractivity contribution in [1.82, 2.24) is 9.44 Å². The molecule has 2 heterocycles. The topological polar surface area (TPSA) is 103 Å². The van der Waals surface area contributed by atoms with Crippen LogP contribution in [0.1, 0.15) is 29.7 Å². The zero-order valence-electron chi connectivity index (χ0n) is 16.9. The fourth-order valence-corrected chi connectivity index (χ4v) is 4.78. The Hall–Kier alpha value is -3.56. The number of benzene rings is 3. The number of carbonyl (C=O) groups excluding carboxylic acids is 1. The number of carbonyl (C=O) groups is 1. The number of fused-ring (bicyclic) bond motifs is 1. The fraction of sp³-hybridized carbons (Fsp3) is 0.174. The summed E-state index contributed by atoms with van der Waals surface area (Å²) in [4.78, 5) is 11.6. The van der Waals surface area contributed by atoms with Crippen molar-refractivity contribution < 1.29 is 27.4 Å². The van der Waals surface area contributed by atoms with Crippen LogP contribution in [-0.2, 0) is 15.0 Å². The van der Waals surface area contributed by atoms with Crippen LogP contribution in [-0.4, -0.2) is 20.9 Å². The van der Waals surface area contributed by atoms with Gasteiger partial charge in [-0.05, 0) is 35.9 Å². The molecule has 1 fully saturated rings. The first kappa shape index (κ1) is 20.3. The second-order valence-corrected chi connectivity index (χ2v) is 8.93. The van der Waals surface area contributed by atoms with Crippen LogP contribution in [0.2, 0.25) is 0 Å². The van der Waals surface area contributed by atoms with Crippen molar-refractivity contribution >= 4 is 16.1 Å². The average Bonchev–Trinajstić information content (AvgIpc) is 3.17. The zero-order valence-corrected chi connectivity index (χ0v) is 17.7. The van der Waals surface area contributed by atoms with Crippen LogP contribution >= 0.6 is 0 Å². The summed E-state index contributed by atoms with van der Waals surface area (Å²) in [5.74, 6) is 2.06. The number of rotatable bonds is 5. The first-order chi connectivity index (χ1) is 15.5. The van der Waals surface area contributed by atoms with Gasteiger partial charge in [0.05, 0.1) is 6.04 Å². The smallest absolute Gasteiger partial charge is 0.301 e. The van der Waals surface area contributed by atoms with E-state index >= 15 is 0 Å². The number of ether oxygens (including phenoxy) is 3. The summed E-state index contributed by atoms with van der Waals surface area (Å²) in [7, 11) is -3.83. The summed E-state index contributed by atoms with van der Waals surface area (Å²) in [5, 5.41) is 0. The molecule has 2 atom stereocenters. The lowest BCUT2D eigenvalue weighted by atomic mass is 10.0. The van der Waals surface area contributed by atoms with Gasteiger partial charge in [-0.3, -0.25) is 4.79 Å². The summed E-state index contributed by atoms with van der Waals surface area (Å²) < 4.78 is 45.7. The van der Waals surface area contributed by atoms with E-state index in [1.54, 1.807) is 24.3 Å². The van der Waals surface area contributed by atoms with E-state index in [1.807, 2.05) is 53.3 Å². The lowest BCUT2D eigenvalue weighted by Crippen LogP contribution is -2.48. The maximum absolute atomic E-state index is 11.7. The highest BCUT2D eigenvalue weighted by atomic mass is 32.2. The molecule has 1 amide bonds. The number of hydrogen-bond acceptors (Lipinski definition) is 6. The molecule has 32 heavy (non-hydrogen) atoms. The third-order valence-electron chi connectivity index (χ3n) is 5.20. The Morgan fingerprint density at radius 3 is 2.44 bits per heavy atom. The molecule has 2 aliphatic heterocycles. The fourth-order valence-electron chi connectivity index (χ4n) is 3.75. The standard InChI is InChI=1S/C23H20N2O6S/c26-22-13-19(24-32(27,28)25-22)15-9-11-17(12-10-15)31-21-14-29-23-18(21)7-4-8-20(23)30-16-5-2-1-3-6-16/h1-12,19,21,24H,13-14H2,(H,25,26)/t19?,21-/m1/s1. The maximum atomic E-state index is 11.7. The lowest BCUT2D eigenvalue weighted by molar-refractivity contribution is -0.120. The van der Waals surface area contributed by atoms with Gasteiger partial charge in [-0.1, -0.05) is 42.5 Å². The molecule has 5 rings (SSSR count). The Morgan fingerprint density at radius 2 is 1.69 bits per heavy atom. The minimum atomic E-state index is -3.83. The third kappa shape index (κ3) is 4.25. The molecule has 2 aliphatic rings. The van der Waals surface area contributed by atoms with Crippen LogP contribution in [0.4, 0.5) is 0 Å². The van der Waals surface area contributed by atoms with E-state index in [4.69, 9.17) is 14.2 Å². The second kappa shape index (κ2) is 8.18. The third-order valence-corrected chi connectivity index (χ3v) is 6.29. The van der Waals surface area contributed by atoms with E-state index in [-0.39, 0.29) is 12.5 Å². The molecule has 8 nitrogen and oxygen atoms in total. The first-order valence-electron chi connectivity index (χ1n) is 10.0. The van der Waals surface area contributed by atoms with Crippen LogP contribution in [0.15, 0.2) is 72.8 Å². The van der Waals surface area contributed by atoms with Crippen molar-refractivity contribution in [2.24, 2.45) is 0 Å². The number of amides is 1. The Kier molecular flexibility index (Phi) is 5.20. The van der Waals surface area contributed by atoms with E-state index in [2.05, 4.69) is 4.72 Å². The Morgan fingerprint density at radius 1 is 0.906 bits per heavy atom. The summed E-state index contributed by atoms with van der Waals surface area (Å²) >= 11 is 0. The summed E-state index contributed by atoms with van der Waals surface area (Å²) in [6.07, 6.45) is -0.276. The van der Waals surface area contributed by atoms with Gasteiger partial charge < -0.3 is 14.2 Å². The molecule has 2 N–H and O–H groups in total. The number of para-hydroxylation sites is 2. The van der Waals surface area contributed by atoms with E-state index in [1.165, 1.54) is 0 Å². The average molecular weight is 452 g/mol. The number of hydrogen-bond donors (Lipinski definition) is 2. The van der Waals surface area contributed by atoms with Crippen molar-refractivity contribution in [2.75, 3.05) is 6.61 Å². The number of nitrogens with one attached hydrogen (secondary N) is 2. The van der Waals surface area contributed by atoms with Gasteiger partial charge in [0.2, 0.25) is 5.91 Å². The molecule has 1 unspecified atom stereocenters. The van der Waals surface area contributed by atoms with Gasteiger partial charge in [-0.25, -0.2) is 4.72 Å². The predicted octanol–water partition coefficient (Wildman–Crippen LogP) is 3.39. The molecule has 0 bridgehead atoms. The van der Waals surface area contributed by atoms with Crippen molar-refractivity contribution in [3.63, 3.8) is 0 Å². The van der Waals surface area contributed by atoms with Gasteiger partial charge in [0.1, 0.15) is 18.1 Å². The zero-order chi connectivity index (χ0) is 22.1. The molecule has 3 aromatic carbocycles. The van der Waals surface area contributed by atoms with E-state index in [0.29, 0.717) is 29.4 Å². The van der Waals surface area contributed by atoms with E-state index < -0.39 is 22.2 Å². The van der Waals surface area contributed by atoms with Crippen LogP contribution in [0.3, 0.4) is 0 Å². The molecule has 0 aliphatic carbocycles. The van der Waals surface area contributed by atoms with Gasteiger partial charge in [0, 0.05) is 12.0 Å². The van der Waals surface area contributed by atoms with Gasteiger partial charge in [-0.15, -0.1) is 0 Å². The van der Waals surface area contributed by atoms with Gasteiger partial charge in [-0.2, -0.15) is 13.1 Å². The maximum Gasteiger partial charge on any atom is 0.301 e. The Bertz CT molecular complexity index is 1250. The summed E-state index contributed by atoms with van der Waals surface area (Å²) in [5.41, 5.74) is 1.57. The van der Waals surface area contributed by atoms with Crippen LogP contribution < -0.4 is 23.7 Å². The van der Waals surface area contributed by atoms with E-state index in [9.17, 15) is 13.2 Å². The van der Waals surface area contributed by atoms with Gasteiger partial charge >= 0.3 is 10.2 Å². The SMILES string of the molecule is O=C1CC(c2ccc(O[C@@H]3COc4c(Oc5ccccc5)cccc43)cc2)NS(=O)(=O)N1. The van der Waals surface area contributed by atoms with Crippen LogP contribution in [0.25, 0.3) is 0 Å². The molecule has 3 aromatic rings. The predicted molar refractivity (Wildman–Crippen MR) is 116 cm³/mol. The van der Waals surface area contributed by atoms with Gasteiger partial charge in [0.15, 0.2) is 17.6 Å². The van der Waals surface area contributed by atoms with Crippen molar-refractivity contribution in [3.8, 4) is 23.0 Å². The molecule has 0 aromatic heterocycles. The summed E-state index contributed by atoms with van der Waals surface area (Å²) in [6.45, 7) is 0.342. The highest BCUT2D eigenvalue weighted by Gasteiger charge is 2.31. The quantitative estimate of drug-likeness (QED) is 0.615. The lowest BCUT2D eigenvalue weighted by Gasteiger charge is -2.24. The van der Waals surface area contributed by atoms with Crippen molar-refractivity contribution in [1.29, 1.82) is 0 Å². The molecule has 1 saturated heterocycles. The van der Waals surface area contributed by atoms with Crippen molar-refractivity contribution in [2.45, 2.75) is 18.6 Å². The first-order valence-corrected chi connectivity index (χ1v) is 11.5. The normalized spacial score (nSPS) is 21.2. The molecular weight excluding hydrogens is 432 g/mol. The minimum absolute atomic E-state index is 0.0352. The molecule has 164 valence electrons. The van der Waals surface area contributed by atoms with Crippen LogP contribution in [0, 0.1) is 0 Å². The Labute approximate surface area is 185 Å². The molecule has 9 heteroatoms.